The van der Waals surface area contributed by atoms with E-state index in [4.69, 9.17) is 4.74 Å². The van der Waals surface area contributed by atoms with Crippen molar-refractivity contribution in [3.05, 3.63) is 0 Å². The van der Waals surface area contributed by atoms with E-state index in [1.807, 2.05) is 6.92 Å². The molecule has 0 saturated carbocycles. The molecule has 0 aliphatic carbocycles. The lowest BCUT2D eigenvalue weighted by Gasteiger charge is -2.29. The Morgan fingerprint density at radius 3 is 1.94 bits per heavy atom. The average molecular weight is 258 g/mol. The zero-order valence-electron chi connectivity index (χ0n) is 12.8. The van der Waals surface area contributed by atoms with Gasteiger partial charge in [0.25, 0.3) is 0 Å². The summed E-state index contributed by atoms with van der Waals surface area (Å²) in [6, 6.07) is -0.225. The Labute approximate surface area is 112 Å². The van der Waals surface area contributed by atoms with Gasteiger partial charge in [0.05, 0.1) is 7.11 Å². The Kier molecular flexibility index (Phi) is 9.02. The Morgan fingerprint density at radius 1 is 1.11 bits per heavy atom. The van der Waals surface area contributed by atoms with Crippen molar-refractivity contribution in [2.24, 2.45) is 11.8 Å². The zero-order chi connectivity index (χ0) is 14.1. The molecule has 108 valence electrons. The molecule has 0 aromatic carbocycles. The monoisotopic (exact) mass is 258 g/mol. The SMILES string of the molecule is CCNC(CN(CC(C)C)CC(C)C)C(=O)OC. The molecule has 0 aliphatic rings. The van der Waals surface area contributed by atoms with E-state index >= 15 is 0 Å². The maximum atomic E-state index is 11.7. The quantitative estimate of drug-likeness (QED) is 0.640. The summed E-state index contributed by atoms with van der Waals surface area (Å²) >= 11 is 0. The van der Waals surface area contributed by atoms with Gasteiger partial charge in [-0.1, -0.05) is 34.6 Å². The highest BCUT2D eigenvalue weighted by Gasteiger charge is 2.22. The van der Waals surface area contributed by atoms with E-state index < -0.39 is 0 Å². The van der Waals surface area contributed by atoms with Crippen molar-refractivity contribution >= 4 is 5.97 Å². The maximum Gasteiger partial charge on any atom is 0.324 e. The van der Waals surface area contributed by atoms with E-state index in [9.17, 15) is 4.79 Å². The first-order valence-electron chi connectivity index (χ1n) is 6.94. The van der Waals surface area contributed by atoms with Crippen LogP contribution in [-0.2, 0) is 9.53 Å². The van der Waals surface area contributed by atoms with Gasteiger partial charge in [0.2, 0.25) is 0 Å². The highest BCUT2D eigenvalue weighted by Crippen LogP contribution is 2.05. The van der Waals surface area contributed by atoms with Gasteiger partial charge >= 0.3 is 5.97 Å². The fourth-order valence-electron chi connectivity index (χ4n) is 2.13. The van der Waals surface area contributed by atoms with Gasteiger partial charge in [0.15, 0.2) is 0 Å². The average Bonchev–Trinajstić information content (AvgIpc) is 2.25. The molecule has 1 unspecified atom stereocenters. The molecule has 0 aromatic heterocycles. The molecule has 1 N–H and O–H groups in total. The molecule has 0 aliphatic heterocycles. The van der Waals surface area contributed by atoms with Crippen molar-refractivity contribution in [3.63, 3.8) is 0 Å². The van der Waals surface area contributed by atoms with E-state index in [1.54, 1.807) is 0 Å². The minimum absolute atomic E-state index is 0.172. The molecular weight excluding hydrogens is 228 g/mol. The van der Waals surface area contributed by atoms with Gasteiger partial charge in [-0.3, -0.25) is 4.79 Å². The lowest BCUT2D eigenvalue weighted by Crippen LogP contribution is -2.48. The zero-order valence-corrected chi connectivity index (χ0v) is 12.8. The van der Waals surface area contributed by atoms with Crippen LogP contribution in [0.25, 0.3) is 0 Å². The first-order valence-corrected chi connectivity index (χ1v) is 6.94. The standard InChI is InChI=1S/C14H30N2O2/c1-7-15-13(14(17)18-6)10-16(8-11(2)3)9-12(4)5/h11-13,15H,7-10H2,1-6H3. The number of likely N-dealkylation sites (N-methyl/N-ethyl adjacent to an activating group) is 1. The first-order chi connectivity index (χ1) is 8.40. The topological polar surface area (TPSA) is 41.6 Å². The van der Waals surface area contributed by atoms with E-state index in [-0.39, 0.29) is 12.0 Å². The van der Waals surface area contributed by atoms with E-state index in [0.29, 0.717) is 11.8 Å². The van der Waals surface area contributed by atoms with Gasteiger partial charge in [-0.05, 0) is 18.4 Å². The number of methoxy groups -OCH3 is 1. The molecule has 0 radical (unpaired) electrons. The van der Waals surface area contributed by atoms with Crippen LogP contribution in [0.15, 0.2) is 0 Å². The summed E-state index contributed by atoms with van der Waals surface area (Å²) in [5, 5.41) is 3.19. The molecule has 0 spiro atoms. The largest absolute Gasteiger partial charge is 0.468 e. The van der Waals surface area contributed by atoms with Crippen LogP contribution in [0.1, 0.15) is 34.6 Å². The maximum absolute atomic E-state index is 11.7. The fraction of sp³-hybridized carbons (Fsp3) is 0.929. The van der Waals surface area contributed by atoms with Crippen LogP contribution in [0, 0.1) is 11.8 Å². The third-order valence-electron chi connectivity index (χ3n) is 2.62. The Hall–Kier alpha value is -0.610. The van der Waals surface area contributed by atoms with Gasteiger partial charge in [0.1, 0.15) is 6.04 Å². The van der Waals surface area contributed by atoms with Crippen LogP contribution in [0.2, 0.25) is 0 Å². The summed E-state index contributed by atoms with van der Waals surface area (Å²) in [7, 11) is 1.45. The number of esters is 1. The number of nitrogens with one attached hydrogen (secondary N) is 1. The van der Waals surface area contributed by atoms with Gasteiger partial charge in [-0.25, -0.2) is 0 Å². The molecular formula is C14H30N2O2. The van der Waals surface area contributed by atoms with Crippen LogP contribution < -0.4 is 5.32 Å². The molecule has 0 aromatic rings. The molecule has 0 fully saturated rings. The van der Waals surface area contributed by atoms with Gasteiger partial charge < -0.3 is 15.0 Å². The number of hydrogen-bond acceptors (Lipinski definition) is 4. The van der Waals surface area contributed by atoms with Crippen LogP contribution in [0.4, 0.5) is 0 Å². The smallest absolute Gasteiger partial charge is 0.324 e. The normalized spacial score (nSPS) is 13.4. The summed E-state index contributed by atoms with van der Waals surface area (Å²) in [5.74, 6) is 1.03. The molecule has 4 nitrogen and oxygen atoms in total. The van der Waals surface area contributed by atoms with Crippen molar-refractivity contribution in [1.29, 1.82) is 0 Å². The molecule has 1 atom stereocenters. The molecule has 0 heterocycles. The van der Waals surface area contributed by atoms with E-state index in [1.165, 1.54) is 7.11 Å². The highest BCUT2D eigenvalue weighted by molar-refractivity contribution is 5.75. The fourth-order valence-corrected chi connectivity index (χ4v) is 2.13. The number of rotatable bonds is 9. The van der Waals surface area contributed by atoms with Crippen LogP contribution >= 0.6 is 0 Å². The summed E-state index contributed by atoms with van der Waals surface area (Å²) in [5.41, 5.74) is 0. The number of hydrogen-bond donors (Lipinski definition) is 1. The minimum atomic E-state index is -0.225. The first kappa shape index (κ1) is 17.4. The second kappa shape index (κ2) is 9.34. The lowest BCUT2D eigenvalue weighted by molar-refractivity contribution is -0.143. The Bertz CT molecular complexity index is 220. The van der Waals surface area contributed by atoms with Crippen molar-refractivity contribution in [1.82, 2.24) is 10.2 Å². The second-order valence-corrected chi connectivity index (χ2v) is 5.64. The Balaban J connectivity index is 4.51. The van der Waals surface area contributed by atoms with Gasteiger partial charge in [0, 0.05) is 19.6 Å². The van der Waals surface area contributed by atoms with Crippen LogP contribution in [-0.4, -0.2) is 50.2 Å². The molecule has 0 saturated heterocycles. The summed E-state index contributed by atoms with van der Waals surface area (Å²) < 4.78 is 4.85. The van der Waals surface area contributed by atoms with Gasteiger partial charge in [-0.2, -0.15) is 0 Å². The molecule has 0 bridgehead atoms. The molecule has 0 amide bonds. The number of nitrogens with zero attached hydrogens (tertiary/aromatic N) is 1. The highest BCUT2D eigenvalue weighted by atomic mass is 16.5. The van der Waals surface area contributed by atoms with Crippen molar-refractivity contribution in [2.75, 3.05) is 33.3 Å². The van der Waals surface area contributed by atoms with Gasteiger partial charge in [-0.15, -0.1) is 0 Å². The third-order valence-corrected chi connectivity index (χ3v) is 2.62. The Morgan fingerprint density at radius 2 is 1.61 bits per heavy atom. The molecule has 0 rings (SSSR count). The van der Waals surface area contributed by atoms with E-state index in [2.05, 4.69) is 37.9 Å². The molecule has 18 heavy (non-hydrogen) atoms. The predicted molar refractivity (Wildman–Crippen MR) is 75.6 cm³/mol. The van der Waals surface area contributed by atoms with Crippen molar-refractivity contribution in [3.8, 4) is 0 Å². The summed E-state index contributed by atoms with van der Waals surface area (Å²) in [6.45, 7) is 14.3. The van der Waals surface area contributed by atoms with E-state index in [0.717, 1.165) is 26.2 Å². The van der Waals surface area contributed by atoms with Crippen LogP contribution in [0.3, 0.4) is 0 Å². The third kappa shape index (κ3) is 7.67. The van der Waals surface area contributed by atoms with Crippen LogP contribution in [0.5, 0.6) is 0 Å². The van der Waals surface area contributed by atoms with Crippen molar-refractivity contribution < 1.29 is 9.53 Å². The predicted octanol–water partition coefficient (Wildman–Crippen LogP) is 1.75. The lowest BCUT2D eigenvalue weighted by atomic mass is 10.1. The number of carbonyl (C=O) groups excluding carboxylic acids is 1. The minimum Gasteiger partial charge on any atom is -0.468 e. The number of ether oxygens (including phenoxy) is 1. The van der Waals surface area contributed by atoms with Crippen molar-refractivity contribution in [2.45, 2.75) is 40.7 Å². The summed E-state index contributed by atoms with van der Waals surface area (Å²) in [6.07, 6.45) is 0. The second-order valence-electron chi connectivity index (χ2n) is 5.64. The number of carbonyl (C=O) groups is 1. The molecule has 4 heteroatoms. The summed E-state index contributed by atoms with van der Waals surface area (Å²) in [4.78, 5) is 14.0.